The van der Waals surface area contributed by atoms with Gasteiger partial charge in [0.1, 0.15) is 0 Å². The smallest absolute Gasteiger partial charge is 0.309 e. The molecule has 1 N–H and O–H groups in total. The van der Waals surface area contributed by atoms with Gasteiger partial charge in [0.25, 0.3) is 11.6 Å². The van der Waals surface area contributed by atoms with Gasteiger partial charge in [-0.3, -0.25) is 19.7 Å². The first-order valence-corrected chi connectivity index (χ1v) is 10.5. The standard InChI is InChI=1S/C17H23N3O7S/c1-3-28(25,26)19-9-7-13(8-10-19)17(22)27-12(2)16(21)18-14-5-4-6-15(11-14)20(23)24/h4-6,11-13H,3,7-10H2,1-2H3,(H,18,21). The fourth-order valence-corrected chi connectivity index (χ4v) is 3.95. The second-order valence-electron chi connectivity index (χ2n) is 6.45. The molecule has 1 saturated heterocycles. The maximum absolute atomic E-state index is 12.3. The minimum atomic E-state index is -3.28. The maximum Gasteiger partial charge on any atom is 0.309 e. The van der Waals surface area contributed by atoms with Gasteiger partial charge in [-0.1, -0.05) is 6.07 Å². The molecule has 154 valence electrons. The van der Waals surface area contributed by atoms with Gasteiger partial charge in [0, 0.05) is 30.9 Å². The van der Waals surface area contributed by atoms with Gasteiger partial charge < -0.3 is 10.1 Å². The van der Waals surface area contributed by atoms with E-state index in [4.69, 9.17) is 4.74 Å². The van der Waals surface area contributed by atoms with Crippen molar-refractivity contribution in [3.63, 3.8) is 0 Å². The quantitative estimate of drug-likeness (QED) is 0.407. The predicted molar refractivity (Wildman–Crippen MR) is 101 cm³/mol. The van der Waals surface area contributed by atoms with Crippen molar-refractivity contribution in [2.75, 3.05) is 24.2 Å². The topological polar surface area (TPSA) is 136 Å². The Labute approximate surface area is 163 Å². The molecule has 10 nitrogen and oxygen atoms in total. The number of rotatable bonds is 7. The number of carbonyl (C=O) groups excluding carboxylic acids is 2. The van der Waals surface area contributed by atoms with E-state index in [1.54, 1.807) is 6.92 Å². The number of sulfonamides is 1. The minimum Gasteiger partial charge on any atom is -0.452 e. The summed E-state index contributed by atoms with van der Waals surface area (Å²) in [6.45, 7) is 3.45. The number of piperidine rings is 1. The van der Waals surface area contributed by atoms with Crippen molar-refractivity contribution in [2.24, 2.45) is 5.92 Å². The van der Waals surface area contributed by atoms with Crippen LogP contribution in [0.3, 0.4) is 0 Å². The van der Waals surface area contributed by atoms with Gasteiger partial charge in [-0.2, -0.15) is 0 Å². The van der Waals surface area contributed by atoms with Gasteiger partial charge in [0.05, 0.1) is 16.6 Å². The summed E-state index contributed by atoms with van der Waals surface area (Å²) < 4.78 is 30.3. The second-order valence-corrected chi connectivity index (χ2v) is 8.71. The van der Waals surface area contributed by atoms with Crippen molar-refractivity contribution in [3.05, 3.63) is 34.4 Å². The van der Waals surface area contributed by atoms with Crippen molar-refractivity contribution < 1.29 is 27.7 Å². The molecule has 1 aliphatic heterocycles. The molecule has 28 heavy (non-hydrogen) atoms. The highest BCUT2D eigenvalue weighted by Crippen LogP contribution is 2.22. The van der Waals surface area contributed by atoms with Crippen LogP contribution in [0.5, 0.6) is 0 Å². The van der Waals surface area contributed by atoms with E-state index in [0.29, 0.717) is 12.8 Å². The lowest BCUT2D eigenvalue weighted by atomic mass is 9.98. The van der Waals surface area contributed by atoms with Crippen LogP contribution in [0.4, 0.5) is 11.4 Å². The van der Waals surface area contributed by atoms with Crippen LogP contribution >= 0.6 is 0 Å². The molecule has 1 aromatic carbocycles. The third-order valence-corrected chi connectivity index (χ3v) is 6.41. The molecule has 0 bridgehead atoms. The van der Waals surface area contributed by atoms with Crippen LogP contribution in [-0.2, 0) is 24.3 Å². The van der Waals surface area contributed by atoms with Crippen molar-refractivity contribution in [1.29, 1.82) is 0 Å². The SMILES string of the molecule is CCS(=O)(=O)N1CCC(C(=O)OC(C)C(=O)Nc2cccc([N+](=O)[O-])c2)CC1. The fourth-order valence-electron chi connectivity index (χ4n) is 2.82. The number of ether oxygens (including phenoxy) is 1. The van der Waals surface area contributed by atoms with E-state index in [1.807, 2.05) is 0 Å². The van der Waals surface area contributed by atoms with Crippen molar-refractivity contribution in [2.45, 2.75) is 32.8 Å². The van der Waals surface area contributed by atoms with Gasteiger partial charge in [0.15, 0.2) is 6.10 Å². The highest BCUT2D eigenvalue weighted by Gasteiger charge is 2.32. The molecular formula is C17H23N3O7S. The van der Waals surface area contributed by atoms with Crippen LogP contribution < -0.4 is 5.32 Å². The number of amides is 1. The first kappa shape index (κ1) is 21.8. The molecule has 0 aliphatic carbocycles. The van der Waals surface area contributed by atoms with Crippen molar-refractivity contribution in [1.82, 2.24) is 4.31 Å². The van der Waals surface area contributed by atoms with E-state index in [1.165, 1.54) is 35.5 Å². The molecule has 1 aliphatic rings. The number of hydrogen-bond acceptors (Lipinski definition) is 7. The van der Waals surface area contributed by atoms with Crippen LogP contribution in [0.25, 0.3) is 0 Å². The summed E-state index contributed by atoms with van der Waals surface area (Å²) in [4.78, 5) is 34.7. The normalized spacial score (nSPS) is 16.9. The Balaban J connectivity index is 1.88. The summed E-state index contributed by atoms with van der Waals surface area (Å²) in [7, 11) is -3.28. The number of nitro groups is 1. The second kappa shape index (κ2) is 9.11. The monoisotopic (exact) mass is 413 g/mol. The molecule has 0 radical (unpaired) electrons. The van der Waals surface area contributed by atoms with Crippen molar-refractivity contribution >= 4 is 33.3 Å². The number of non-ortho nitro benzene ring substituents is 1. The van der Waals surface area contributed by atoms with E-state index in [2.05, 4.69) is 5.32 Å². The lowest BCUT2D eigenvalue weighted by molar-refractivity contribution is -0.384. The van der Waals surface area contributed by atoms with Gasteiger partial charge >= 0.3 is 5.97 Å². The molecule has 1 aromatic rings. The van der Waals surface area contributed by atoms with E-state index in [9.17, 15) is 28.1 Å². The van der Waals surface area contributed by atoms with Crippen LogP contribution in [-0.4, -0.2) is 54.5 Å². The van der Waals surface area contributed by atoms with E-state index >= 15 is 0 Å². The highest BCUT2D eigenvalue weighted by atomic mass is 32.2. The van der Waals surface area contributed by atoms with Gasteiger partial charge in [0.2, 0.25) is 10.0 Å². The number of esters is 1. The average Bonchev–Trinajstić information content (AvgIpc) is 2.68. The van der Waals surface area contributed by atoms with Crippen molar-refractivity contribution in [3.8, 4) is 0 Å². The first-order chi connectivity index (χ1) is 13.1. The number of benzene rings is 1. The molecule has 0 spiro atoms. The number of hydrogen-bond donors (Lipinski definition) is 1. The third kappa shape index (κ3) is 5.49. The Morgan fingerprint density at radius 2 is 2.00 bits per heavy atom. The molecule has 1 fully saturated rings. The molecule has 2 rings (SSSR count). The fraction of sp³-hybridized carbons (Fsp3) is 0.529. The van der Waals surface area contributed by atoms with Gasteiger partial charge in [-0.25, -0.2) is 12.7 Å². The average molecular weight is 413 g/mol. The van der Waals surface area contributed by atoms with Gasteiger partial charge in [-0.05, 0) is 32.8 Å². The van der Waals surface area contributed by atoms with E-state index in [0.717, 1.165) is 0 Å². The van der Waals surface area contributed by atoms with E-state index < -0.39 is 38.8 Å². The summed E-state index contributed by atoms with van der Waals surface area (Å²) in [6.07, 6.45) is -0.432. The minimum absolute atomic E-state index is 0.0109. The third-order valence-electron chi connectivity index (χ3n) is 4.53. The largest absolute Gasteiger partial charge is 0.452 e. The zero-order chi connectivity index (χ0) is 20.9. The molecule has 11 heteroatoms. The Morgan fingerprint density at radius 1 is 1.36 bits per heavy atom. The molecule has 0 saturated carbocycles. The first-order valence-electron chi connectivity index (χ1n) is 8.87. The number of anilines is 1. The Hall–Kier alpha value is -2.53. The lowest BCUT2D eigenvalue weighted by Gasteiger charge is -2.30. The molecular weight excluding hydrogens is 390 g/mol. The zero-order valence-electron chi connectivity index (χ0n) is 15.7. The summed E-state index contributed by atoms with van der Waals surface area (Å²) in [5, 5.41) is 13.3. The number of nitrogens with zero attached hydrogens (tertiary/aromatic N) is 2. The lowest BCUT2D eigenvalue weighted by Crippen LogP contribution is -2.42. The predicted octanol–water partition coefficient (Wildman–Crippen LogP) is 1.53. The Morgan fingerprint density at radius 3 is 2.57 bits per heavy atom. The summed E-state index contributed by atoms with van der Waals surface area (Å²) >= 11 is 0. The van der Waals surface area contributed by atoms with Crippen LogP contribution in [0.1, 0.15) is 26.7 Å². The molecule has 0 aromatic heterocycles. The molecule has 1 heterocycles. The summed E-state index contributed by atoms with van der Waals surface area (Å²) in [6, 6.07) is 5.42. The number of carbonyl (C=O) groups is 2. The summed E-state index contributed by atoms with van der Waals surface area (Å²) in [5.74, 6) is -1.64. The molecule has 1 unspecified atom stereocenters. The van der Waals surface area contributed by atoms with Gasteiger partial charge in [-0.15, -0.1) is 0 Å². The number of nitrogens with one attached hydrogen (secondary N) is 1. The maximum atomic E-state index is 12.3. The highest BCUT2D eigenvalue weighted by molar-refractivity contribution is 7.89. The number of nitro benzene ring substituents is 1. The summed E-state index contributed by atoms with van der Waals surface area (Å²) in [5.41, 5.74) is 0.0522. The molecule has 1 atom stereocenters. The molecule has 1 amide bonds. The van der Waals surface area contributed by atoms with Crippen LogP contribution in [0.2, 0.25) is 0 Å². The van der Waals surface area contributed by atoms with E-state index in [-0.39, 0.29) is 30.2 Å². The van der Waals surface area contributed by atoms with Crippen LogP contribution in [0, 0.1) is 16.0 Å². The zero-order valence-corrected chi connectivity index (χ0v) is 16.5. The Bertz CT molecular complexity index is 848. The Kier molecular flexibility index (Phi) is 7.08. The van der Waals surface area contributed by atoms with Crippen LogP contribution in [0.15, 0.2) is 24.3 Å².